The van der Waals surface area contributed by atoms with E-state index in [4.69, 9.17) is 0 Å². The number of aryl methyl sites for hydroxylation is 1. The fraction of sp³-hybridized carbons (Fsp3) is 0.429. The molecule has 4 rings (SSSR count). The van der Waals surface area contributed by atoms with Crippen LogP contribution < -0.4 is 21.1 Å². The molecule has 1 aliphatic heterocycles. The van der Waals surface area contributed by atoms with E-state index in [-0.39, 0.29) is 13.0 Å². The highest BCUT2D eigenvalue weighted by Crippen LogP contribution is 2.35. The Kier molecular flexibility index (Phi) is 6.26. The second-order valence-corrected chi connectivity index (χ2v) is 8.50. The smallest absolute Gasteiger partial charge is 0.371 e. The maximum absolute atomic E-state index is 15.2. The maximum Gasteiger partial charge on any atom is 0.417 e. The molecular weight excluding hydrogens is 491 g/mol. The zero-order chi connectivity index (χ0) is 26.4. The van der Waals surface area contributed by atoms with Gasteiger partial charge in [-0.15, -0.1) is 0 Å². The van der Waals surface area contributed by atoms with Crippen LogP contribution in [0.1, 0.15) is 12.0 Å². The Bertz CT molecular complexity index is 1350. The highest BCUT2D eigenvalue weighted by molar-refractivity contribution is 5.90. The van der Waals surface area contributed by atoms with Crippen LogP contribution in [-0.4, -0.2) is 69.8 Å². The number of hydrogen-bond donors (Lipinski definition) is 3. The van der Waals surface area contributed by atoms with Crippen LogP contribution in [0.4, 0.5) is 43.9 Å². The van der Waals surface area contributed by atoms with Gasteiger partial charge in [-0.3, -0.25) is 9.89 Å². The lowest BCUT2D eigenvalue weighted by atomic mass is 9.99. The number of rotatable bonds is 4. The lowest BCUT2D eigenvalue weighted by Crippen LogP contribution is -2.59. The van der Waals surface area contributed by atoms with E-state index in [9.17, 15) is 22.8 Å². The van der Waals surface area contributed by atoms with E-state index in [1.54, 1.807) is 13.1 Å². The molecule has 1 saturated heterocycles. The third-order valence-corrected chi connectivity index (χ3v) is 6.11. The van der Waals surface area contributed by atoms with Crippen LogP contribution in [0.5, 0.6) is 0 Å². The highest BCUT2D eigenvalue weighted by atomic mass is 19.4. The third kappa shape index (κ3) is 4.64. The minimum absolute atomic E-state index is 0.139. The number of anilines is 3. The Morgan fingerprint density at radius 2 is 2.03 bits per heavy atom. The molecule has 3 N–H and O–H groups in total. The predicted molar refractivity (Wildman–Crippen MR) is 122 cm³/mol. The number of nitrogens with one attached hydrogen (secondary N) is 3. The van der Waals surface area contributed by atoms with Gasteiger partial charge in [0.15, 0.2) is 11.5 Å². The quantitative estimate of drug-likeness (QED) is 0.462. The van der Waals surface area contributed by atoms with Gasteiger partial charge < -0.3 is 25.0 Å². The Morgan fingerprint density at radius 3 is 2.67 bits per heavy atom. The molecule has 0 aromatic carbocycles. The molecule has 194 valence electrons. The zero-order valence-corrected chi connectivity index (χ0v) is 19.5. The van der Waals surface area contributed by atoms with Gasteiger partial charge in [0, 0.05) is 33.9 Å². The van der Waals surface area contributed by atoms with Crippen LogP contribution in [-0.2, 0) is 13.2 Å². The lowest BCUT2D eigenvalue weighted by Gasteiger charge is -2.42. The Morgan fingerprint density at radius 1 is 1.31 bits per heavy atom. The van der Waals surface area contributed by atoms with Gasteiger partial charge in [-0.1, -0.05) is 0 Å². The van der Waals surface area contributed by atoms with Crippen molar-refractivity contribution in [2.24, 2.45) is 7.05 Å². The SMILES string of the molecule is CNc1n[nH]c2ncc(N3CCC(N(C)C(=O)Nc4cc(C(F)(F)F)cn(C)c4=O)C(F)(F)C3)cc12. The molecule has 0 bridgehead atoms. The van der Waals surface area contributed by atoms with Gasteiger partial charge in [-0.05, 0) is 18.6 Å². The largest absolute Gasteiger partial charge is 0.417 e. The molecule has 1 unspecified atom stereocenters. The predicted octanol–water partition coefficient (Wildman–Crippen LogP) is 3.10. The zero-order valence-electron chi connectivity index (χ0n) is 19.5. The van der Waals surface area contributed by atoms with Gasteiger partial charge in [-0.25, -0.2) is 18.6 Å². The number of H-pyrrole nitrogens is 1. The molecule has 0 spiro atoms. The summed E-state index contributed by atoms with van der Waals surface area (Å²) >= 11 is 0. The number of aromatic nitrogens is 4. The molecule has 1 aliphatic rings. The summed E-state index contributed by atoms with van der Waals surface area (Å²) < 4.78 is 70.3. The molecule has 0 saturated carbocycles. The van der Waals surface area contributed by atoms with E-state index >= 15 is 8.78 Å². The number of carbonyl (C=O) groups is 1. The third-order valence-electron chi connectivity index (χ3n) is 6.11. The number of pyridine rings is 2. The van der Waals surface area contributed by atoms with Crippen molar-refractivity contribution in [2.45, 2.75) is 24.6 Å². The van der Waals surface area contributed by atoms with Crippen molar-refractivity contribution in [2.75, 3.05) is 42.7 Å². The van der Waals surface area contributed by atoms with E-state index in [0.717, 1.165) is 14.1 Å². The summed E-state index contributed by atoms with van der Waals surface area (Å²) in [4.78, 5) is 31.3. The van der Waals surface area contributed by atoms with Crippen LogP contribution in [0.15, 0.2) is 29.3 Å². The van der Waals surface area contributed by atoms with Crippen LogP contribution in [0.2, 0.25) is 0 Å². The summed E-state index contributed by atoms with van der Waals surface area (Å²) in [7, 11) is 3.87. The molecule has 10 nitrogen and oxygen atoms in total. The van der Waals surface area contributed by atoms with E-state index in [0.29, 0.717) is 44.3 Å². The minimum atomic E-state index is -4.76. The molecule has 3 aromatic rings. The van der Waals surface area contributed by atoms with Crippen molar-refractivity contribution in [1.29, 1.82) is 0 Å². The van der Waals surface area contributed by atoms with Gasteiger partial charge in [0.05, 0.1) is 29.4 Å². The van der Waals surface area contributed by atoms with E-state index in [1.807, 2.05) is 0 Å². The molecule has 4 heterocycles. The first-order chi connectivity index (χ1) is 16.8. The molecule has 0 aliphatic carbocycles. The van der Waals surface area contributed by atoms with Crippen LogP contribution >= 0.6 is 0 Å². The van der Waals surface area contributed by atoms with Crippen molar-refractivity contribution < 1.29 is 26.7 Å². The fourth-order valence-corrected chi connectivity index (χ4v) is 4.18. The number of urea groups is 1. The number of hydrogen-bond acceptors (Lipinski definition) is 6. The molecule has 36 heavy (non-hydrogen) atoms. The molecule has 15 heteroatoms. The highest BCUT2D eigenvalue weighted by Gasteiger charge is 2.48. The Labute approximate surface area is 201 Å². The molecule has 1 fully saturated rings. The number of alkyl halides is 5. The summed E-state index contributed by atoms with van der Waals surface area (Å²) in [6.07, 6.45) is -2.88. The summed E-state index contributed by atoms with van der Waals surface area (Å²) in [5, 5.41) is 12.3. The molecule has 2 amide bonds. The summed E-state index contributed by atoms with van der Waals surface area (Å²) in [5.41, 5.74) is -1.80. The van der Waals surface area contributed by atoms with Crippen LogP contribution in [0, 0.1) is 0 Å². The fourth-order valence-electron chi connectivity index (χ4n) is 4.18. The Balaban J connectivity index is 1.51. The topological polar surface area (TPSA) is 111 Å². The second-order valence-electron chi connectivity index (χ2n) is 8.50. The number of nitrogens with zero attached hydrogens (tertiary/aromatic N) is 5. The number of fused-ring (bicyclic) bond motifs is 1. The average molecular weight is 514 g/mol. The van der Waals surface area contributed by atoms with Gasteiger partial charge >= 0.3 is 12.2 Å². The Hall–Kier alpha value is -3.91. The molecule has 3 aromatic heterocycles. The van der Waals surface area contributed by atoms with Crippen LogP contribution in [0.25, 0.3) is 11.0 Å². The maximum atomic E-state index is 15.2. The first-order valence-electron chi connectivity index (χ1n) is 10.8. The summed E-state index contributed by atoms with van der Waals surface area (Å²) in [6.45, 7) is -0.566. The van der Waals surface area contributed by atoms with Gasteiger partial charge in [0.25, 0.3) is 11.5 Å². The number of aromatic amines is 1. The first-order valence-corrected chi connectivity index (χ1v) is 10.8. The van der Waals surface area contributed by atoms with E-state index in [1.165, 1.54) is 11.1 Å². The minimum Gasteiger partial charge on any atom is -0.371 e. The normalized spacial score (nSPS) is 17.8. The molecule has 1 atom stereocenters. The van der Waals surface area contributed by atoms with Crippen molar-refractivity contribution in [1.82, 2.24) is 24.6 Å². The summed E-state index contributed by atoms with van der Waals surface area (Å²) in [6, 6.07) is -0.521. The van der Waals surface area contributed by atoms with Crippen molar-refractivity contribution in [3.63, 3.8) is 0 Å². The molecular formula is C21H23F5N8O2. The second kappa shape index (κ2) is 8.95. The number of amides is 2. The van der Waals surface area contributed by atoms with Crippen LogP contribution in [0.3, 0.4) is 0 Å². The number of carbonyl (C=O) groups excluding carboxylic acids is 1. The van der Waals surface area contributed by atoms with Crippen molar-refractivity contribution >= 4 is 34.3 Å². The monoisotopic (exact) mass is 514 g/mol. The average Bonchev–Trinajstić information content (AvgIpc) is 3.22. The van der Waals surface area contributed by atoms with Crippen molar-refractivity contribution in [3.8, 4) is 0 Å². The first kappa shape index (κ1) is 25.2. The van der Waals surface area contributed by atoms with Gasteiger partial charge in [0.2, 0.25) is 0 Å². The summed E-state index contributed by atoms with van der Waals surface area (Å²) in [5.74, 6) is -2.86. The standard InChI is InChI=1S/C21H23F5N8O2/c1-27-16-13-7-12(8-28-17(13)31-30-16)34-5-4-15(20(22,23)10-34)33(3)19(36)29-14-6-11(21(24,25)26)9-32(2)18(14)35/h6-9,15H,4-5,10H2,1-3H3,(H,29,36)(H2,27,28,30,31). The van der Waals surface area contributed by atoms with Gasteiger partial charge in [-0.2, -0.15) is 18.3 Å². The lowest BCUT2D eigenvalue weighted by molar-refractivity contribution is -0.138. The van der Waals surface area contributed by atoms with Crippen molar-refractivity contribution in [3.05, 3.63) is 40.4 Å². The van der Waals surface area contributed by atoms with Gasteiger partial charge in [0.1, 0.15) is 11.7 Å². The number of halogens is 5. The molecule has 0 radical (unpaired) electrons. The number of piperidine rings is 1. The van der Waals surface area contributed by atoms with E-state index in [2.05, 4.69) is 25.8 Å². The van der Waals surface area contributed by atoms with E-state index < -0.39 is 47.5 Å².